The number of aliphatic hydroxyl groups excluding tert-OH is 7. The normalized spacial score (nSPS) is 25.8. The Balaban J connectivity index is 1.83. The Morgan fingerprint density at radius 3 is 2.21 bits per heavy atom. The van der Waals surface area contributed by atoms with Crippen LogP contribution in [0.3, 0.4) is 0 Å². The van der Waals surface area contributed by atoms with Crippen LogP contribution in [-0.2, 0) is 4.74 Å². The number of hydrogen-bond donors (Lipinski definition) is 11. The van der Waals surface area contributed by atoms with Crippen molar-refractivity contribution in [3.8, 4) is 40.1 Å². The molecular formula is C24H26O15. The molecular weight excluding hydrogens is 528 g/mol. The van der Waals surface area contributed by atoms with Gasteiger partial charge in [0.15, 0.2) is 17.3 Å². The Kier molecular flexibility index (Phi) is 7.87. The predicted molar refractivity (Wildman–Crippen MR) is 127 cm³/mol. The van der Waals surface area contributed by atoms with E-state index in [1.807, 2.05) is 0 Å². The molecule has 1 fully saturated rings. The van der Waals surface area contributed by atoms with E-state index in [-0.39, 0.29) is 11.1 Å². The van der Waals surface area contributed by atoms with Gasteiger partial charge in [0.2, 0.25) is 17.5 Å². The fraction of sp³-hybridized carbons (Fsp3) is 0.375. The summed E-state index contributed by atoms with van der Waals surface area (Å²) >= 11 is 0. The molecule has 212 valence electrons. The van der Waals surface area contributed by atoms with Crippen molar-refractivity contribution in [3.05, 3.63) is 40.6 Å². The molecule has 1 saturated heterocycles. The minimum Gasteiger partial charge on any atom is -0.508 e. The van der Waals surface area contributed by atoms with Crippen molar-refractivity contribution in [2.45, 2.75) is 49.0 Å². The van der Waals surface area contributed by atoms with Gasteiger partial charge in [-0.2, -0.15) is 0 Å². The molecule has 3 aromatic rings. The third kappa shape index (κ3) is 5.17. The average molecular weight is 554 g/mol. The molecule has 4 rings (SSSR count). The van der Waals surface area contributed by atoms with Crippen molar-refractivity contribution < 1.29 is 70.1 Å². The van der Waals surface area contributed by atoms with Crippen LogP contribution in [0.5, 0.6) is 28.7 Å². The van der Waals surface area contributed by atoms with Crippen molar-refractivity contribution in [2.24, 2.45) is 0 Å². The lowest BCUT2D eigenvalue weighted by atomic mass is 9.91. The summed E-state index contributed by atoms with van der Waals surface area (Å²) in [6, 6.07) is 5.05. The van der Waals surface area contributed by atoms with Crippen molar-refractivity contribution >= 4 is 11.0 Å². The molecule has 0 amide bonds. The van der Waals surface area contributed by atoms with E-state index in [1.165, 1.54) is 6.07 Å². The summed E-state index contributed by atoms with van der Waals surface area (Å²) in [6.07, 6.45) is -16.3. The Labute approximate surface area is 217 Å². The molecule has 1 aliphatic heterocycles. The minimum atomic E-state index is -2.14. The zero-order valence-corrected chi connectivity index (χ0v) is 19.8. The lowest BCUT2D eigenvalue weighted by Gasteiger charge is -2.43. The number of phenols is 4. The summed E-state index contributed by atoms with van der Waals surface area (Å²) in [4.78, 5) is 13.4. The number of rotatable bonds is 7. The van der Waals surface area contributed by atoms with Gasteiger partial charge in [0.05, 0.1) is 6.61 Å². The third-order valence-electron chi connectivity index (χ3n) is 6.26. The number of hydrogen-bond acceptors (Lipinski definition) is 15. The second-order valence-electron chi connectivity index (χ2n) is 8.92. The van der Waals surface area contributed by atoms with Crippen LogP contribution >= 0.6 is 0 Å². The van der Waals surface area contributed by atoms with Crippen molar-refractivity contribution in [2.75, 3.05) is 6.61 Å². The molecule has 1 aromatic heterocycles. The van der Waals surface area contributed by atoms with Gasteiger partial charge < -0.3 is 70.1 Å². The Morgan fingerprint density at radius 2 is 1.56 bits per heavy atom. The lowest BCUT2D eigenvalue weighted by Crippen LogP contribution is -2.64. The number of benzene rings is 2. The van der Waals surface area contributed by atoms with E-state index in [9.17, 15) is 55.9 Å². The van der Waals surface area contributed by atoms with Gasteiger partial charge in [0.25, 0.3) is 0 Å². The van der Waals surface area contributed by atoms with E-state index in [1.54, 1.807) is 0 Å². The van der Waals surface area contributed by atoms with Crippen LogP contribution in [0.4, 0.5) is 0 Å². The maximum absolute atomic E-state index is 13.4. The smallest absolute Gasteiger partial charge is 0.239 e. The molecule has 1 aliphatic rings. The third-order valence-corrected chi connectivity index (χ3v) is 6.26. The van der Waals surface area contributed by atoms with Crippen molar-refractivity contribution in [3.63, 3.8) is 0 Å². The van der Waals surface area contributed by atoms with Crippen LogP contribution in [-0.4, -0.2) is 112 Å². The summed E-state index contributed by atoms with van der Waals surface area (Å²) in [5.41, 5.74) is -1.49. The first-order valence-electron chi connectivity index (χ1n) is 11.4. The Bertz CT molecular complexity index is 1400. The monoisotopic (exact) mass is 554 g/mol. The fourth-order valence-corrected chi connectivity index (χ4v) is 4.13. The number of aromatic hydroxyl groups is 4. The topological polar surface area (TPSA) is 271 Å². The standard InChI is InChI=1S/C24H26O15/c25-6-12(30)15(31)18(34)22-19(35)17(33)20(36)24(38-22)39-23-16(32)14-11(29)4-8(26)5-13(14)37-21(23)7-1-2-9(27)10(28)3-7/h1-5,12,15,17-20,22,24-31,33-36H,6H2/t12-,15-,17+,18-,19+,20-,22-,24?/m1/s1. The van der Waals surface area contributed by atoms with Crippen molar-refractivity contribution in [1.29, 1.82) is 0 Å². The minimum absolute atomic E-state index is 0.0777. The summed E-state index contributed by atoms with van der Waals surface area (Å²) in [6.45, 7) is -0.980. The van der Waals surface area contributed by atoms with E-state index in [2.05, 4.69) is 0 Å². The van der Waals surface area contributed by atoms with E-state index in [0.717, 1.165) is 24.3 Å². The highest BCUT2D eigenvalue weighted by Gasteiger charge is 2.50. The van der Waals surface area contributed by atoms with Gasteiger partial charge in [-0.05, 0) is 18.2 Å². The highest BCUT2D eigenvalue weighted by atomic mass is 16.7. The van der Waals surface area contributed by atoms with Gasteiger partial charge in [0.1, 0.15) is 65.2 Å². The molecule has 2 heterocycles. The molecule has 0 radical (unpaired) electrons. The summed E-state index contributed by atoms with van der Waals surface area (Å²) in [7, 11) is 0. The molecule has 8 atom stereocenters. The summed E-state index contributed by atoms with van der Waals surface area (Å²) < 4.78 is 16.6. The van der Waals surface area contributed by atoms with E-state index in [4.69, 9.17) is 19.0 Å². The van der Waals surface area contributed by atoms with Gasteiger partial charge in [-0.25, -0.2) is 0 Å². The molecule has 11 N–H and O–H groups in total. The van der Waals surface area contributed by atoms with E-state index >= 15 is 0 Å². The Hall–Kier alpha value is -3.67. The van der Waals surface area contributed by atoms with Crippen LogP contribution in [0.1, 0.15) is 0 Å². The number of phenolic OH excluding ortho intramolecular Hbond substituents is 4. The number of aliphatic hydroxyl groups is 7. The first-order valence-corrected chi connectivity index (χ1v) is 11.4. The molecule has 15 nitrogen and oxygen atoms in total. The molecule has 0 aliphatic carbocycles. The summed E-state index contributed by atoms with van der Waals surface area (Å²) in [5, 5.41) is 110. The first-order chi connectivity index (χ1) is 18.3. The van der Waals surface area contributed by atoms with Gasteiger partial charge in [-0.1, -0.05) is 0 Å². The van der Waals surface area contributed by atoms with Gasteiger partial charge in [-0.3, -0.25) is 4.79 Å². The molecule has 0 saturated carbocycles. The second-order valence-corrected chi connectivity index (χ2v) is 8.92. The van der Waals surface area contributed by atoms with Crippen LogP contribution in [0, 0.1) is 0 Å². The molecule has 0 spiro atoms. The average Bonchev–Trinajstić information content (AvgIpc) is 2.89. The highest BCUT2D eigenvalue weighted by Crippen LogP contribution is 2.39. The van der Waals surface area contributed by atoms with Crippen LogP contribution in [0.25, 0.3) is 22.3 Å². The van der Waals surface area contributed by atoms with Crippen LogP contribution < -0.4 is 10.2 Å². The zero-order valence-electron chi connectivity index (χ0n) is 19.8. The fourth-order valence-electron chi connectivity index (χ4n) is 4.13. The quantitative estimate of drug-likeness (QED) is 0.135. The Morgan fingerprint density at radius 1 is 0.872 bits per heavy atom. The van der Waals surface area contributed by atoms with Gasteiger partial charge in [-0.15, -0.1) is 0 Å². The highest BCUT2D eigenvalue weighted by molar-refractivity contribution is 5.88. The molecule has 2 aromatic carbocycles. The van der Waals surface area contributed by atoms with Crippen molar-refractivity contribution in [1.82, 2.24) is 0 Å². The molecule has 15 heteroatoms. The van der Waals surface area contributed by atoms with Gasteiger partial charge in [0, 0.05) is 17.7 Å². The SMILES string of the molecule is O=c1c(OC2O[C@H]([C@H](O)[C@H](O)[C@H](O)CO)[C@@H](O)[C@H](O)[C@H]2O)c(-c2ccc(O)c(O)c2)oc2cc(O)cc(O)c12. The van der Waals surface area contributed by atoms with E-state index < -0.39 is 101 Å². The largest absolute Gasteiger partial charge is 0.508 e. The maximum Gasteiger partial charge on any atom is 0.239 e. The predicted octanol–water partition coefficient (Wildman–Crippen LogP) is -2.46. The first kappa shape index (κ1) is 28.3. The second kappa shape index (κ2) is 10.8. The van der Waals surface area contributed by atoms with Gasteiger partial charge >= 0.3 is 0 Å². The zero-order chi connectivity index (χ0) is 28.8. The summed E-state index contributed by atoms with van der Waals surface area (Å²) in [5.74, 6) is -3.59. The number of ether oxygens (including phenoxy) is 2. The maximum atomic E-state index is 13.4. The lowest BCUT2D eigenvalue weighted by molar-refractivity contribution is -0.297. The number of fused-ring (bicyclic) bond motifs is 1. The molecule has 39 heavy (non-hydrogen) atoms. The van der Waals surface area contributed by atoms with Crippen LogP contribution in [0.15, 0.2) is 39.5 Å². The van der Waals surface area contributed by atoms with E-state index in [0.29, 0.717) is 0 Å². The van der Waals surface area contributed by atoms with Crippen LogP contribution in [0.2, 0.25) is 0 Å². The molecule has 1 unspecified atom stereocenters. The molecule has 0 bridgehead atoms.